The molecule has 128 valence electrons. The molecular weight excluding hydrogens is 292 g/mol. The highest BCUT2D eigenvalue weighted by molar-refractivity contribution is 5.74. The molecule has 1 aliphatic heterocycles. The number of para-hydroxylation sites is 1. The Morgan fingerprint density at radius 3 is 2.70 bits per heavy atom. The fourth-order valence-electron chi connectivity index (χ4n) is 2.97. The first-order chi connectivity index (χ1) is 11.1. The third-order valence-corrected chi connectivity index (χ3v) is 4.79. The van der Waals surface area contributed by atoms with Crippen molar-refractivity contribution in [1.29, 1.82) is 0 Å². The van der Waals surface area contributed by atoms with Gasteiger partial charge in [-0.3, -0.25) is 0 Å². The smallest absolute Gasteiger partial charge is 0.317 e. The van der Waals surface area contributed by atoms with Gasteiger partial charge in [-0.1, -0.05) is 32.0 Å². The quantitative estimate of drug-likeness (QED) is 0.877. The van der Waals surface area contributed by atoms with E-state index in [0.717, 1.165) is 18.6 Å². The highest BCUT2D eigenvalue weighted by Gasteiger charge is 2.28. The number of hydrogen-bond acceptors (Lipinski definition) is 3. The molecule has 5 nitrogen and oxygen atoms in total. The van der Waals surface area contributed by atoms with Crippen LogP contribution < -0.4 is 10.1 Å². The SMILES string of the molecule is CC[C@](C)(CCNC(=O)N1CCOCC1)c1ccccc1OC. The van der Waals surface area contributed by atoms with Gasteiger partial charge in [-0.15, -0.1) is 0 Å². The van der Waals surface area contributed by atoms with Gasteiger partial charge in [-0.2, -0.15) is 0 Å². The number of nitrogens with zero attached hydrogens (tertiary/aromatic N) is 1. The summed E-state index contributed by atoms with van der Waals surface area (Å²) < 4.78 is 10.8. The molecule has 0 spiro atoms. The molecule has 0 radical (unpaired) electrons. The Hall–Kier alpha value is -1.75. The summed E-state index contributed by atoms with van der Waals surface area (Å²) in [5.74, 6) is 0.913. The fourth-order valence-corrected chi connectivity index (χ4v) is 2.97. The molecule has 0 unspecified atom stereocenters. The minimum Gasteiger partial charge on any atom is -0.496 e. The van der Waals surface area contributed by atoms with E-state index in [2.05, 4.69) is 25.2 Å². The first-order valence-corrected chi connectivity index (χ1v) is 8.35. The van der Waals surface area contributed by atoms with Crippen molar-refractivity contribution >= 4 is 6.03 Å². The Morgan fingerprint density at radius 1 is 1.35 bits per heavy atom. The zero-order valence-electron chi connectivity index (χ0n) is 14.4. The lowest BCUT2D eigenvalue weighted by atomic mass is 9.77. The Bertz CT molecular complexity index is 515. The van der Waals surface area contributed by atoms with Crippen molar-refractivity contribution in [2.24, 2.45) is 0 Å². The second kappa shape index (κ2) is 8.20. The summed E-state index contributed by atoms with van der Waals surface area (Å²) in [6.45, 7) is 7.65. The number of carbonyl (C=O) groups excluding carboxylic acids is 1. The van der Waals surface area contributed by atoms with E-state index < -0.39 is 0 Å². The molecule has 0 aromatic heterocycles. The highest BCUT2D eigenvalue weighted by atomic mass is 16.5. The van der Waals surface area contributed by atoms with Crippen LogP contribution >= 0.6 is 0 Å². The van der Waals surface area contributed by atoms with Gasteiger partial charge in [0.25, 0.3) is 0 Å². The zero-order valence-corrected chi connectivity index (χ0v) is 14.4. The molecule has 1 atom stereocenters. The Balaban J connectivity index is 1.94. The molecule has 1 saturated heterocycles. The fraction of sp³-hybridized carbons (Fsp3) is 0.611. The van der Waals surface area contributed by atoms with Gasteiger partial charge < -0.3 is 19.7 Å². The van der Waals surface area contributed by atoms with Crippen LogP contribution in [0.3, 0.4) is 0 Å². The summed E-state index contributed by atoms with van der Waals surface area (Å²) in [5.41, 5.74) is 1.18. The molecule has 1 fully saturated rings. The van der Waals surface area contributed by atoms with Gasteiger partial charge in [0.1, 0.15) is 5.75 Å². The van der Waals surface area contributed by atoms with Crippen molar-refractivity contribution in [3.05, 3.63) is 29.8 Å². The third kappa shape index (κ3) is 4.38. The van der Waals surface area contributed by atoms with E-state index in [1.165, 1.54) is 5.56 Å². The van der Waals surface area contributed by atoms with E-state index in [1.807, 2.05) is 23.1 Å². The second-order valence-corrected chi connectivity index (χ2v) is 6.20. The number of urea groups is 1. The van der Waals surface area contributed by atoms with Crippen LogP contribution in [0.5, 0.6) is 5.75 Å². The van der Waals surface area contributed by atoms with E-state index >= 15 is 0 Å². The monoisotopic (exact) mass is 320 g/mol. The Labute approximate surface area is 139 Å². The number of nitrogens with one attached hydrogen (secondary N) is 1. The van der Waals surface area contributed by atoms with E-state index in [-0.39, 0.29) is 11.4 Å². The molecule has 1 aliphatic rings. The Morgan fingerprint density at radius 2 is 2.04 bits per heavy atom. The number of hydrogen-bond donors (Lipinski definition) is 1. The summed E-state index contributed by atoms with van der Waals surface area (Å²) in [4.78, 5) is 14.0. The first-order valence-electron chi connectivity index (χ1n) is 8.35. The summed E-state index contributed by atoms with van der Waals surface area (Å²) in [5, 5.41) is 3.04. The van der Waals surface area contributed by atoms with Gasteiger partial charge in [0.15, 0.2) is 0 Å². The van der Waals surface area contributed by atoms with Crippen LogP contribution in [0, 0.1) is 0 Å². The molecule has 23 heavy (non-hydrogen) atoms. The van der Waals surface area contributed by atoms with Gasteiger partial charge in [0.05, 0.1) is 20.3 Å². The van der Waals surface area contributed by atoms with Crippen molar-refractivity contribution in [2.75, 3.05) is 40.0 Å². The summed E-state index contributed by atoms with van der Waals surface area (Å²) in [6.07, 6.45) is 1.86. The number of amides is 2. The van der Waals surface area contributed by atoms with Crippen molar-refractivity contribution < 1.29 is 14.3 Å². The lowest BCUT2D eigenvalue weighted by Gasteiger charge is -2.31. The average molecular weight is 320 g/mol. The summed E-state index contributed by atoms with van der Waals surface area (Å²) in [7, 11) is 1.70. The second-order valence-electron chi connectivity index (χ2n) is 6.20. The average Bonchev–Trinajstić information content (AvgIpc) is 2.62. The van der Waals surface area contributed by atoms with Crippen LogP contribution in [-0.2, 0) is 10.2 Å². The van der Waals surface area contributed by atoms with Crippen LogP contribution in [0.25, 0.3) is 0 Å². The van der Waals surface area contributed by atoms with Crippen LogP contribution in [0.2, 0.25) is 0 Å². The first kappa shape index (κ1) is 17.6. The predicted molar refractivity (Wildman–Crippen MR) is 91.0 cm³/mol. The minimum atomic E-state index is -0.0229. The Kier molecular flexibility index (Phi) is 6.28. The highest BCUT2D eigenvalue weighted by Crippen LogP contribution is 2.36. The van der Waals surface area contributed by atoms with Crippen LogP contribution in [0.15, 0.2) is 24.3 Å². The van der Waals surface area contributed by atoms with Crippen molar-refractivity contribution in [3.8, 4) is 5.75 Å². The maximum Gasteiger partial charge on any atom is 0.317 e. The normalized spacial score (nSPS) is 17.4. The number of carbonyl (C=O) groups is 1. The number of ether oxygens (including phenoxy) is 2. The molecule has 2 amide bonds. The van der Waals surface area contributed by atoms with Crippen molar-refractivity contribution in [2.45, 2.75) is 32.1 Å². The lowest BCUT2D eigenvalue weighted by Crippen LogP contribution is -2.47. The predicted octanol–water partition coefficient (Wildman–Crippen LogP) is 2.79. The molecule has 1 aromatic rings. The number of rotatable bonds is 6. The third-order valence-electron chi connectivity index (χ3n) is 4.79. The van der Waals surface area contributed by atoms with Gasteiger partial charge in [-0.25, -0.2) is 4.79 Å². The molecule has 5 heteroatoms. The van der Waals surface area contributed by atoms with Crippen LogP contribution in [0.4, 0.5) is 4.79 Å². The molecule has 1 heterocycles. The van der Waals surface area contributed by atoms with Gasteiger partial charge in [-0.05, 0) is 24.3 Å². The molecule has 0 aliphatic carbocycles. The summed E-state index contributed by atoms with van der Waals surface area (Å²) >= 11 is 0. The van der Waals surface area contributed by atoms with Crippen LogP contribution in [0.1, 0.15) is 32.3 Å². The number of benzene rings is 1. The molecule has 1 aromatic carbocycles. The molecule has 0 saturated carbocycles. The lowest BCUT2D eigenvalue weighted by molar-refractivity contribution is 0.0531. The zero-order chi connectivity index (χ0) is 16.7. The van der Waals surface area contributed by atoms with E-state index in [4.69, 9.17) is 9.47 Å². The van der Waals surface area contributed by atoms with E-state index in [0.29, 0.717) is 32.8 Å². The maximum absolute atomic E-state index is 12.2. The van der Waals surface area contributed by atoms with Crippen LogP contribution in [-0.4, -0.2) is 50.9 Å². The number of morpholine rings is 1. The molecule has 1 N–H and O–H groups in total. The van der Waals surface area contributed by atoms with E-state index in [1.54, 1.807) is 7.11 Å². The standard InChI is InChI=1S/C18H28N2O3/c1-4-18(2,15-7-5-6-8-16(15)22-3)9-10-19-17(21)20-11-13-23-14-12-20/h5-8H,4,9-14H2,1-3H3,(H,19,21)/t18-/m1/s1. The molecule has 0 bridgehead atoms. The largest absolute Gasteiger partial charge is 0.496 e. The molecular formula is C18H28N2O3. The summed E-state index contributed by atoms with van der Waals surface area (Å²) in [6, 6.07) is 8.14. The van der Waals surface area contributed by atoms with Gasteiger partial charge >= 0.3 is 6.03 Å². The van der Waals surface area contributed by atoms with Crippen molar-refractivity contribution in [3.63, 3.8) is 0 Å². The maximum atomic E-state index is 12.2. The topological polar surface area (TPSA) is 50.8 Å². The minimum absolute atomic E-state index is 0.00628. The number of methoxy groups -OCH3 is 1. The van der Waals surface area contributed by atoms with E-state index in [9.17, 15) is 4.79 Å². The van der Waals surface area contributed by atoms with Gasteiger partial charge in [0.2, 0.25) is 0 Å². The van der Waals surface area contributed by atoms with Gasteiger partial charge in [0, 0.05) is 25.2 Å². The van der Waals surface area contributed by atoms with Crippen molar-refractivity contribution in [1.82, 2.24) is 10.2 Å². The molecule has 2 rings (SSSR count).